The van der Waals surface area contributed by atoms with Gasteiger partial charge in [0.15, 0.2) is 0 Å². The molecule has 1 aliphatic heterocycles. The molecule has 0 radical (unpaired) electrons. The zero-order valence-corrected chi connectivity index (χ0v) is 20.1. The zero-order valence-electron chi connectivity index (χ0n) is 20.1. The molecule has 0 aromatic carbocycles. The largest absolute Gasteiger partial charge is 0.361 e. The van der Waals surface area contributed by atoms with Crippen molar-refractivity contribution >= 4 is 5.91 Å². The Kier molecular flexibility index (Phi) is 6.01. The smallest absolute Gasteiger partial charge is 0.224 e. The summed E-state index contributed by atoms with van der Waals surface area (Å²) in [4.78, 5) is 15.0. The number of rotatable bonds is 4. The van der Waals surface area contributed by atoms with Crippen molar-refractivity contribution in [2.45, 2.75) is 92.0 Å². The second-order valence-corrected chi connectivity index (χ2v) is 10.9. The molecule has 0 unspecified atom stereocenters. The fraction of sp³-hybridized carbons (Fsp3) is 0.720. The van der Waals surface area contributed by atoms with Crippen LogP contribution < -0.4 is 0 Å². The zero-order chi connectivity index (χ0) is 22.3. The number of aromatic nitrogens is 3. The van der Waals surface area contributed by atoms with E-state index in [0.717, 1.165) is 55.9 Å². The van der Waals surface area contributed by atoms with E-state index in [2.05, 4.69) is 50.9 Å². The van der Waals surface area contributed by atoms with Crippen LogP contribution in [0.25, 0.3) is 0 Å². The molecule has 1 saturated heterocycles. The Morgan fingerprint density at radius 2 is 1.94 bits per heavy atom. The van der Waals surface area contributed by atoms with Crippen molar-refractivity contribution in [1.29, 1.82) is 0 Å². The Bertz CT molecular complexity index is 928. The third kappa shape index (κ3) is 4.58. The van der Waals surface area contributed by atoms with Gasteiger partial charge in [0.25, 0.3) is 0 Å². The van der Waals surface area contributed by atoms with Crippen LogP contribution >= 0.6 is 0 Å². The molecule has 0 N–H and O–H groups in total. The molecule has 0 saturated carbocycles. The number of hydrogen-bond acceptors (Lipinski definition) is 4. The van der Waals surface area contributed by atoms with Crippen LogP contribution in [-0.4, -0.2) is 38.8 Å². The number of fused-ring (bicyclic) bond motifs is 1. The minimum atomic E-state index is 0.0783. The van der Waals surface area contributed by atoms with Crippen molar-refractivity contribution < 1.29 is 9.32 Å². The molecule has 31 heavy (non-hydrogen) atoms. The Hall–Kier alpha value is -2.11. The van der Waals surface area contributed by atoms with Gasteiger partial charge in [-0.3, -0.25) is 9.48 Å². The van der Waals surface area contributed by atoms with E-state index in [0.29, 0.717) is 23.7 Å². The van der Waals surface area contributed by atoms with E-state index >= 15 is 0 Å². The lowest BCUT2D eigenvalue weighted by molar-refractivity contribution is -0.133. The van der Waals surface area contributed by atoms with Crippen LogP contribution in [0.1, 0.15) is 93.7 Å². The normalized spacial score (nSPS) is 21.2. The van der Waals surface area contributed by atoms with Crippen molar-refractivity contribution in [1.82, 2.24) is 19.8 Å². The highest BCUT2D eigenvalue weighted by atomic mass is 16.5. The number of amides is 1. The molecule has 1 fully saturated rings. The monoisotopic (exact) mass is 426 g/mol. The first-order valence-electron chi connectivity index (χ1n) is 11.9. The highest BCUT2D eigenvalue weighted by molar-refractivity contribution is 5.76. The maximum atomic E-state index is 12.9. The maximum absolute atomic E-state index is 12.9. The second-order valence-electron chi connectivity index (χ2n) is 10.9. The fourth-order valence-electron chi connectivity index (χ4n) is 5.44. The van der Waals surface area contributed by atoms with Crippen LogP contribution in [0.4, 0.5) is 0 Å². The standard InChI is InChI=1S/C25H38N4O2/c1-16-13-17(2)29(26-16)18(3)14-23(30)28-11-9-19(10-12-28)24-21-15-20(25(4,5)6)7-8-22(21)27-31-24/h13,18-20H,7-12,14-15H2,1-6H3/t18-,20+/m0/s1. The number of piperidine rings is 1. The SMILES string of the molecule is Cc1cc(C)n([C@@H](C)CC(=O)N2CCC(c3onc4c3C[C@H](C(C)(C)C)CC4)CC2)n1. The highest BCUT2D eigenvalue weighted by Crippen LogP contribution is 2.41. The highest BCUT2D eigenvalue weighted by Gasteiger charge is 2.35. The molecule has 0 bridgehead atoms. The summed E-state index contributed by atoms with van der Waals surface area (Å²) in [7, 11) is 0. The van der Waals surface area contributed by atoms with E-state index in [1.165, 1.54) is 17.7 Å². The molecule has 2 aliphatic rings. The van der Waals surface area contributed by atoms with Gasteiger partial charge in [-0.1, -0.05) is 25.9 Å². The predicted molar refractivity (Wildman–Crippen MR) is 121 cm³/mol. The van der Waals surface area contributed by atoms with Crippen LogP contribution in [0.15, 0.2) is 10.6 Å². The van der Waals surface area contributed by atoms with Gasteiger partial charge in [0.05, 0.1) is 17.4 Å². The Balaban J connectivity index is 1.36. The number of likely N-dealkylation sites (tertiary alicyclic amines) is 1. The van der Waals surface area contributed by atoms with Crippen molar-refractivity contribution in [2.24, 2.45) is 11.3 Å². The number of hydrogen-bond donors (Lipinski definition) is 0. The first-order chi connectivity index (χ1) is 14.6. The van der Waals surface area contributed by atoms with Gasteiger partial charge in [-0.15, -0.1) is 0 Å². The molecule has 1 amide bonds. The molecule has 0 spiro atoms. The van der Waals surface area contributed by atoms with Crippen LogP contribution in [0.3, 0.4) is 0 Å². The van der Waals surface area contributed by atoms with Crippen molar-refractivity contribution in [3.63, 3.8) is 0 Å². The summed E-state index contributed by atoms with van der Waals surface area (Å²) in [5.41, 5.74) is 4.97. The van der Waals surface area contributed by atoms with Crippen LogP contribution in [0, 0.1) is 25.2 Å². The average molecular weight is 427 g/mol. The van der Waals surface area contributed by atoms with Crippen molar-refractivity contribution in [2.75, 3.05) is 13.1 Å². The van der Waals surface area contributed by atoms with Crippen LogP contribution in [0.5, 0.6) is 0 Å². The van der Waals surface area contributed by atoms with E-state index < -0.39 is 0 Å². The average Bonchev–Trinajstić information content (AvgIpc) is 3.29. The molecular formula is C25H38N4O2. The van der Waals surface area contributed by atoms with Crippen molar-refractivity contribution in [3.05, 3.63) is 34.5 Å². The summed E-state index contributed by atoms with van der Waals surface area (Å²) >= 11 is 0. The van der Waals surface area contributed by atoms with Gasteiger partial charge in [-0.05, 0) is 70.3 Å². The molecule has 170 valence electrons. The number of aryl methyl sites for hydroxylation is 3. The van der Waals surface area contributed by atoms with Gasteiger partial charge in [0.2, 0.25) is 5.91 Å². The van der Waals surface area contributed by atoms with Gasteiger partial charge >= 0.3 is 0 Å². The van der Waals surface area contributed by atoms with Crippen molar-refractivity contribution in [3.8, 4) is 0 Å². The van der Waals surface area contributed by atoms with E-state index in [1.807, 2.05) is 16.5 Å². The van der Waals surface area contributed by atoms with E-state index in [9.17, 15) is 4.79 Å². The summed E-state index contributed by atoms with van der Waals surface area (Å²) in [5.74, 6) is 2.39. The molecule has 3 heterocycles. The lowest BCUT2D eigenvalue weighted by Crippen LogP contribution is -2.39. The second kappa shape index (κ2) is 8.44. The summed E-state index contributed by atoms with van der Waals surface area (Å²) < 4.78 is 7.87. The molecule has 4 rings (SSSR count). The molecule has 2 aromatic heterocycles. The summed E-state index contributed by atoms with van der Waals surface area (Å²) in [6.07, 6.45) is 5.73. The molecule has 2 atom stereocenters. The van der Waals surface area contributed by atoms with Gasteiger partial charge < -0.3 is 9.42 Å². The lowest BCUT2D eigenvalue weighted by atomic mass is 9.71. The summed E-state index contributed by atoms with van der Waals surface area (Å²) in [6, 6.07) is 2.14. The lowest BCUT2D eigenvalue weighted by Gasteiger charge is -2.35. The van der Waals surface area contributed by atoms with E-state index in [1.54, 1.807) is 0 Å². The molecular weight excluding hydrogens is 388 g/mol. The molecule has 1 aliphatic carbocycles. The first-order valence-corrected chi connectivity index (χ1v) is 11.9. The van der Waals surface area contributed by atoms with Gasteiger partial charge in [-0.25, -0.2) is 0 Å². The van der Waals surface area contributed by atoms with Gasteiger partial charge in [-0.2, -0.15) is 5.10 Å². The predicted octanol–water partition coefficient (Wildman–Crippen LogP) is 5.00. The third-order valence-electron chi connectivity index (χ3n) is 7.46. The molecule has 2 aromatic rings. The topological polar surface area (TPSA) is 64.2 Å². The number of carbonyl (C=O) groups is 1. The van der Waals surface area contributed by atoms with Gasteiger partial charge in [0.1, 0.15) is 5.76 Å². The van der Waals surface area contributed by atoms with Gasteiger partial charge in [0, 0.05) is 36.7 Å². The number of nitrogens with zero attached hydrogens (tertiary/aromatic N) is 4. The van der Waals surface area contributed by atoms with Crippen LogP contribution in [0.2, 0.25) is 0 Å². The maximum Gasteiger partial charge on any atom is 0.224 e. The summed E-state index contributed by atoms with van der Waals surface area (Å²) in [5, 5.41) is 8.97. The van der Waals surface area contributed by atoms with Crippen LogP contribution in [-0.2, 0) is 17.6 Å². The minimum absolute atomic E-state index is 0.0783. The third-order valence-corrected chi connectivity index (χ3v) is 7.46. The quantitative estimate of drug-likeness (QED) is 0.690. The van der Waals surface area contributed by atoms with E-state index in [-0.39, 0.29) is 11.9 Å². The fourth-order valence-corrected chi connectivity index (χ4v) is 5.44. The van der Waals surface area contributed by atoms with E-state index in [4.69, 9.17) is 4.52 Å². The Morgan fingerprint density at radius 3 is 2.55 bits per heavy atom. The molecule has 6 nitrogen and oxygen atoms in total. The minimum Gasteiger partial charge on any atom is -0.361 e. The molecule has 6 heteroatoms. The first kappa shape index (κ1) is 22.1. The summed E-state index contributed by atoms with van der Waals surface area (Å²) in [6.45, 7) is 14.7. The Morgan fingerprint density at radius 1 is 1.23 bits per heavy atom. The number of carbonyl (C=O) groups excluding carboxylic acids is 1. The Labute approximate surface area is 186 Å².